The molecule has 0 aliphatic carbocycles. The number of hydrogen-bond acceptors (Lipinski definition) is 4. The van der Waals surface area contributed by atoms with Gasteiger partial charge in [0, 0.05) is 17.5 Å². The Balaban J connectivity index is 1.40. The van der Waals surface area contributed by atoms with E-state index in [0.29, 0.717) is 16.5 Å². The molecule has 2 aromatic carbocycles. The molecule has 1 aliphatic rings. The Kier molecular flexibility index (Phi) is 4.66. The fourth-order valence-electron chi connectivity index (χ4n) is 3.49. The first-order valence-corrected chi connectivity index (χ1v) is 9.07. The van der Waals surface area contributed by atoms with Crippen LogP contribution in [0.1, 0.15) is 40.6 Å². The first-order chi connectivity index (χ1) is 12.6. The highest BCUT2D eigenvalue weighted by molar-refractivity contribution is 6.31. The summed E-state index contributed by atoms with van der Waals surface area (Å²) in [5.41, 5.74) is 2.94. The minimum Gasteiger partial charge on any atom is -0.478 e. The first kappa shape index (κ1) is 17.1. The van der Waals surface area contributed by atoms with Gasteiger partial charge >= 0.3 is 5.97 Å². The fourth-order valence-corrected chi connectivity index (χ4v) is 3.66. The van der Waals surface area contributed by atoms with Gasteiger partial charge in [0.1, 0.15) is 5.52 Å². The van der Waals surface area contributed by atoms with Crippen molar-refractivity contribution in [1.82, 2.24) is 9.88 Å². The Morgan fingerprint density at radius 3 is 2.81 bits per heavy atom. The standard InChI is InChI=1S/C20H19ClN2O3/c21-16-4-5-18-17(11-16)22-19(26-18)14-6-8-23(9-7-14)12-13-2-1-3-15(10-13)20(24)25/h1-5,10-11,14H,6-9,12H2,(H,24,25). The molecular weight excluding hydrogens is 352 g/mol. The summed E-state index contributed by atoms with van der Waals surface area (Å²) >= 11 is 6.02. The lowest BCUT2D eigenvalue weighted by Crippen LogP contribution is -2.32. The third kappa shape index (κ3) is 3.59. The largest absolute Gasteiger partial charge is 0.478 e. The highest BCUT2D eigenvalue weighted by Gasteiger charge is 2.24. The molecule has 1 aliphatic heterocycles. The Hall–Kier alpha value is -2.37. The Morgan fingerprint density at radius 1 is 1.23 bits per heavy atom. The number of benzene rings is 2. The van der Waals surface area contributed by atoms with E-state index in [2.05, 4.69) is 9.88 Å². The summed E-state index contributed by atoms with van der Waals surface area (Å²) in [5, 5.41) is 9.78. The molecule has 0 spiro atoms. The molecule has 1 fully saturated rings. The first-order valence-electron chi connectivity index (χ1n) is 8.69. The lowest BCUT2D eigenvalue weighted by molar-refractivity contribution is 0.0696. The highest BCUT2D eigenvalue weighted by atomic mass is 35.5. The van der Waals surface area contributed by atoms with Crippen molar-refractivity contribution in [2.24, 2.45) is 0 Å². The summed E-state index contributed by atoms with van der Waals surface area (Å²) < 4.78 is 5.90. The maximum atomic E-state index is 11.1. The van der Waals surface area contributed by atoms with Gasteiger partial charge in [-0.15, -0.1) is 0 Å². The van der Waals surface area contributed by atoms with E-state index in [1.807, 2.05) is 24.3 Å². The SMILES string of the molecule is O=C(O)c1cccc(CN2CCC(c3nc4cc(Cl)ccc4o3)CC2)c1. The monoisotopic (exact) mass is 370 g/mol. The fraction of sp³-hybridized carbons (Fsp3) is 0.300. The van der Waals surface area contributed by atoms with Crippen LogP contribution in [0.3, 0.4) is 0 Å². The molecule has 26 heavy (non-hydrogen) atoms. The van der Waals surface area contributed by atoms with Crippen LogP contribution in [-0.2, 0) is 6.54 Å². The van der Waals surface area contributed by atoms with Crippen molar-refractivity contribution in [2.75, 3.05) is 13.1 Å². The topological polar surface area (TPSA) is 66.6 Å². The number of oxazole rings is 1. The van der Waals surface area contributed by atoms with Gasteiger partial charge in [-0.3, -0.25) is 4.90 Å². The third-order valence-corrected chi connectivity index (χ3v) is 5.12. The van der Waals surface area contributed by atoms with Gasteiger partial charge < -0.3 is 9.52 Å². The number of nitrogens with zero attached hydrogens (tertiary/aromatic N) is 2. The molecule has 1 saturated heterocycles. The molecule has 0 atom stereocenters. The number of carbonyl (C=O) groups is 1. The molecule has 4 rings (SSSR count). The van der Waals surface area contributed by atoms with Crippen LogP contribution in [0.2, 0.25) is 5.02 Å². The number of piperidine rings is 1. The lowest BCUT2D eigenvalue weighted by atomic mass is 9.96. The van der Waals surface area contributed by atoms with Crippen molar-refractivity contribution in [1.29, 1.82) is 0 Å². The lowest BCUT2D eigenvalue weighted by Gasteiger charge is -2.30. The zero-order valence-corrected chi connectivity index (χ0v) is 14.9. The minimum absolute atomic E-state index is 0.308. The number of carboxylic acids is 1. The van der Waals surface area contributed by atoms with Gasteiger partial charge in [0.05, 0.1) is 5.56 Å². The van der Waals surface area contributed by atoms with Crippen LogP contribution in [0.15, 0.2) is 46.9 Å². The number of aromatic carboxylic acids is 1. The normalized spacial score (nSPS) is 16.2. The van der Waals surface area contributed by atoms with Crippen molar-refractivity contribution < 1.29 is 14.3 Å². The zero-order chi connectivity index (χ0) is 18.1. The van der Waals surface area contributed by atoms with Gasteiger partial charge in [0.15, 0.2) is 11.5 Å². The zero-order valence-electron chi connectivity index (χ0n) is 14.2. The highest BCUT2D eigenvalue weighted by Crippen LogP contribution is 2.31. The van der Waals surface area contributed by atoms with Gasteiger partial charge in [0.25, 0.3) is 0 Å². The molecule has 0 saturated carbocycles. The maximum absolute atomic E-state index is 11.1. The molecule has 0 amide bonds. The van der Waals surface area contributed by atoms with Crippen LogP contribution in [-0.4, -0.2) is 34.0 Å². The summed E-state index contributed by atoms with van der Waals surface area (Å²) in [4.78, 5) is 18.0. The van der Waals surface area contributed by atoms with Crippen molar-refractivity contribution >= 4 is 28.7 Å². The molecule has 134 valence electrons. The van der Waals surface area contributed by atoms with E-state index < -0.39 is 5.97 Å². The van der Waals surface area contributed by atoms with E-state index in [1.54, 1.807) is 18.2 Å². The minimum atomic E-state index is -0.887. The predicted octanol–water partition coefficient (Wildman–Crippen LogP) is 4.56. The number of aromatic nitrogens is 1. The second kappa shape index (κ2) is 7.09. The summed E-state index contributed by atoms with van der Waals surface area (Å²) in [7, 11) is 0. The van der Waals surface area contributed by atoms with Gasteiger partial charge in [0.2, 0.25) is 0 Å². The predicted molar refractivity (Wildman–Crippen MR) is 99.7 cm³/mol. The molecule has 6 heteroatoms. The average Bonchev–Trinajstić information content (AvgIpc) is 3.05. The number of halogens is 1. The van der Waals surface area contributed by atoms with E-state index in [9.17, 15) is 4.79 Å². The van der Waals surface area contributed by atoms with Crippen molar-refractivity contribution in [3.63, 3.8) is 0 Å². The molecule has 5 nitrogen and oxygen atoms in total. The Morgan fingerprint density at radius 2 is 2.04 bits per heavy atom. The number of fused-ring (bicyclic) bond motifs is 1. The van der Waals surface area contributed by atoms with Crippen molar-refractivity contribution in [3.05, 3.63) is 64.5 Å². The van der Waals surface area contributed by atoms with Gasteiger partial charge in [-0.25, -0.2) is 9.78 Å². The smallest absolute Gasteiger partial charge is 0.335 e. The Labute approximate surface area is 156 Å². The van der Waals surface area contributed by atoms with Crippen LogP contribution >= 0.6 is 11.6 Å². The van der Waals surface area contributed by atoms with E-state index >= 15 is 0 Å². The van der Waals surface area contributed by atoms with Gasteiger partial charge in [-0.2, -0.15) is 0 Å². The summed E-state index contributed by atoms with van der Waals surface area (Å²) in [6, 6.07) is 12.6. The molecule has 0 bridgehead atoms. The molecule has 0 radical (unpaired) electrons. The van der Waals surface area contributed by atoms with Gasteiger partial charge in [-0.1, -0.05) is 23.7 Å². The second-order valence-electron chi connectivity index (χ2n) is 6.72. The molecule has 2 heterocycles. The molecule has 1 aromatic heterocycles. The van der Waals surface area contributed by atoms with Crippen LogP contribution in [0.25, 0.3) is 11.1 Å². The van der Waals surface area contributed by atoms with E-state index in [0.717, 1.165) is 55.0 Å². The Bertz CT molecular complexity index is 945. The number of likely N-dealkylation sites (tertiary alicyclic amines) is 1. The second-order valence-corrected chi connectivity index (χ2v) is 7.16. The van der Waals surface area contributed by atoms with Crippen LogP contribution < -0.4 is 0 Å². The molecule has 0 unspecified atom stereocenters. The van der Waals surface area contributed by atoms with Crippen molar-refractivity contribution in [3.8, 4) is 0 Å². The summed E-state index contributed by atoms with van der Waals surface area (Å²) in [6.45, 7) is 2.62. The number of carboxylic acid groups (broad SMARTS) is 1. The van der Waals surface area contributed by atoms with Gasteiger partial charge in [-0.05, 0) is 61.8 Å². The number of hydrogen-bond donors (Lipinski definition) is 1. The van der Waals surface area contributed by atoms with E-state index in [-0.39, 0.29) is 0 Å². The maximum Gasteiger partial charge on any atom is 0.335 e. The molecule has 1 N–H and O–H groups in total. The third-order valence-electron chi connectivity index (χ3n) is 4.88. The quantitative estimate of drug-likeness (QED) is 0.729. The number of rotatable bonds is 4. The van der Waals surface area contributed by atoms with E-state index in [4.69, 9.17) is 21.1 Å². The van der Waals surface area contributed by atoms with Crippen LogP contribution in [0, 0.1) is 0 Å². The molecule has 3 aromatic rings. The van der Waals surface area contributed by atoms with Crippen molar-refractivity contribution in [2.45, 2.75) is 25.3 Å². The van der Waals surface area contributed by atoms with Crippen LogP contribution in [0.4, 0.5) is 0 Å². The van der Waals surface area contributed by atoms with E-state index in [1.165, 1.54) is 0 Å². The van der Waals surface area contributed by atoms with Crippen LogP contribution in [0.5, 0.6) is 0 Å². The molecular formula is C20H19ClN2O3. The summed E-state index contributed by atoms with van der Waals surface area (Å²) in [5.74, 6) is 0.208. The average molecular weight is 371 g/mol. The summed E-state index contributed by atoms with van der Waals surface area (Å²) in [6.07, 6.45) is 1.94.